The molecule has 0 spiro atoms. The highest BCUT2D eigenvalue weighted by Crippen LogP contribution is 2.15. The maximum atomic E-state index is 11.1. The van der Waals surface area contributed by atoms with Gasteiger partial charge in [-0.05, 0) is 17.7 Å². The van der Waals surface area contributed by atoms with Gasteiger partial charge in [-0.3, -0.25) is 4.79 Å². The van der Waals surface area contributed by atoms with Crippen molar-refractivity contribution >= 4 is 21.6 Å². The van der Waals surface area contributed by atoms with E-state index in [1.807, 2.05) is 12.1 Å². The molecule has 134 valence electrons. The van der Waals surface area contributed by atoms with E-state index in [0.29, 0.717) is 13.2 Å². The number of hydrogen-bond donors (Lipinski definition) is 4. The van der Waals surface area contributed by atoms with Crippen molar-refractivity contribution in [2.45, 2.75) is 31.7 Å². The highest BCUT2D eigenvalue weighted by Gasteiger charge is 2.35. The Labute approximate surface area is 141 Å². The highest BCUT2D eigenvalue weighted by atomic mass is 32.2. The largest absolute Gasteiger partial charge is 0.389 e. The van der Waals surface area contributed by atoms with Crippen LogP contribution in [0, 0.1) is 0 Å². The number of hydrogen-bond acceptors (Lipinski definition) is 6. The summed E-state index contributed by atoms with van der Waals surface area (Å²) < 4.78 is 30.0. The topological polar surface area (TPSA) is 117 Å². The summed E-state index contributed by atoms with van der Waals surface area (Å²) in [6.45, 7) is 2.33. The van der Waals surface area contributed by atoms with Gasteiger partial charge in [0.05, 0.1) is 31.1 Å². The second-order valence-corrected chi connectivity index (χ2v) is 7.68. The van der Waals surface area contributed by atoms with Gasteiger partial charge in [-0.15, -0.1) is 0 Å². The van der Waals surface area contributed by atoms with Gasteiger partial charge >= 0.3 is 0 Å². The molecule has 3 unspecified atom stereocenters. The first-order valence-corrected chi connectivity index (χ1v) is 9.48. The molecule has 1 aliphatic heterocycles. The van der Waals surface area contributed by atoms with Crippen molar-refractivity contribution in [2.24, 2.45) is 0 Å². The number of carbonyl (C=O) groups excluding carboxylic acids is 1. The molecule has 1 saturated heterocycles. The molecule has 4 N–H and O–H groups in total. The smallest absolute Gasteiger partial charge is 0.221 e. The van der Waals surface area contributed by atoms with E-state index in [0.717, 1.165) is 17.5 Å². The maximum absolute atomic E-state index is 11.1. The molecule has 0 aliphatic carbocycles. The SMILES string of the molecule is CC(=O)Nc1ccc(CNC2COC(CNS(C)(=O)=O)C2O)cc1. The first kappa shape index (κ1) is 18.8. The summed E-state index contributed by atoms with van der Waals surface area (Å²) in [5.74, 6) is -0.124. The van der Waals surface area contributed by atoms with Gasteiger partial charge in [0, 0.05) is 25.7 Å². The fraction of sp³-hybridized carbons (Fsp3) is 0.533. The van der Waals surface area contributed by atoms with Crippen molar-refractivity contribution in [1.82, 2.24) is 10.0 Å². The summed E-state index contributed by atoms with van der Waals surface area (Å²) in [7, 11) is -3.31. The Hall–Kier alpha value is -1.52. The summed E-state index contributed by atoms with van der Waals surface area (Å²) in [5.41, 5.74) is 1.72. The molecule has 1 aliphatic rings. The zero-order valence-corrected chi connectivity index (χ0v) is 14.5. The average molecular weight is 357 g/mol. The minimum absolute atomic E-state index is 0.0452. The monoisotopic (exact) mass is 357 g/mol. The summed E-state index contributed by atoms with van der Waals surface area (Å²) in [4.78, 5) is 11.0. The van der Waals surface area contributed by atoms with E-state index in [9.17, 15) is 18.3 Å². The molecule has 0 saturated carbocycles. The van der Waals surface area contributed by atoms with Crippen molar-refractivity contribution < 1.29 is 23.1 Å². The fourth-order valence-corrected chi connectivity index (χ4v) is 2.90. The van der Waals surface area contributed by atoms with E-state index in [2.05, 4.69) is 15.4 Å². The van der Waals surface area contributed by atoms with E-state index in [1.54, 1.807) is 12.1 Å². The Morgan fingerprint density at radius 3 is 2.58 bits per heavy atom. The average Bonchev–Trinajstić information content (AvgIpc) is 2.84. The lowest BCUT2D eigenvalue weighted by molar-refractivity contribution is -0.114. The summed E-state index contributed by atoms with van der Waals surface area (Å²) >= 11 is 0. The molecule has 0 radical (unpaired) electrons. The van der Waals surface area contributed by atoms with Gasteiger partial charge in [0.25, 0.3) is 0 Å². The zero-order valence-electron chi connectivity index (χ0n) is 13.7. The van der Waals surface area contributed by atoms with Crippen LogP contribution in [0.2, 0.25) is 0 Å². The Balaban J connectivity index is 1.81. The molecular weight excluding hydrogens is 334 g/mol. The number of nitrogens with one attached hydrogen (secondary N) is 3. The van der Waals surface area contributed by atoms with Crippen molar-refractivity contribution in [3.63, 3.8) is 0 Å². The predicted molar refractivity (Wildman–Crippen MR) is 90.0 cm³/mol. The number of benzene rings is 1. The van der Waals surface area contributed by atoms with Gasteiger partial charge in [-0.2, -0.15) is 0 Å². The lowest BCUT2D eigenvalue weighted by Gasteiger charge is -2.18. The molecule has 1 aromatic rings. The summed E-state index contributed by atoms with van der Waals surface area (Å²) in [5, 5.41) is 16.1. The minimum atomic E-state index is -3.31. The molecule has 2 rings (SSSR count). The zero-order chi connectivity index (χ0) is 17.7. The summed E-state index contributed by atoms with van der Waals surface area (Å²) in [6, 6.07) is 7.09. The molecule has 1 amide bonds. The lowest BCUT2D eigenvalue weighted by Crippen LogP contribution is -2.44. The summed E-state index contributed by atoms with van der Waals surface area (Å²) in [6.07, 6.45) is -0.299. The van der Waals surface area contributed by atoms with E-state index in [4.69, 9.17) is 4.74 Å². The molecule has 0 bridgehead atoms. The molecule has 9 heteroatoms. The lowest BCUT2D eigenvalue weighted by atomic mass is 10.1. The third-order valence-electron chi connectivity index (χ3n) is 3.67. The number of anilines is 1. The van der Waals surface area contributed by atoms with Crippen molar-refractivity contribution in [2.75, 3.05) is 24.7 Å². The van der Waals surface area contributed by atoms with Gasteiger partial charge < -0.3 is 20.5 Å². The molecule has 24 heavy (non-hydrogen) atoms. The first-order chi connectivity index (χ1) is 11.2. The van der Waals surface area contributed by atoms with Gasteiger partial charge in [-0.25, -0.2) is 13.1 Å². The Bertz CT molecular complexity index is 662. The second-order valence-electron chi connectivity index (χ2n) is 5.85. The van der Waals surface area contributed by atoms with Crippen LogP contribution in [-0.2, 0) is 26.1 Å². The Morgan fingerprint density at radius 1 is 1.33 bits per heavy atom. The van der Waals surface area contributed by atoms with Gasteiger partial charge in [0.15, 0.2) is 0 Å². The van der Waals surface area contributed by atoms with E-state index >= 15 is 0 Å². The van der Waals surface area contributed by atoms with Gasteiger partial charge in [0.2, 0.25) is 15.9 Å². The van der Waals surface area contributed by atoms with Crippen LogP contribution in [0.5, 0.6) is 0 Å². The number of rotatable bonds is 7. The third-order valence-corrected chi connectivity index (χ3v) is 4.36. The van der Waals surface area contributed by atoms with Crippen LogP contribution in [0.25, 0.3) is 0 Å². The van der Waals surface area contributed by atoms with Crippen molar-refractivity contribution in [3.05, 3.63) is 29.8 Å². The highest BCUT2D eigenvalue weighted by molar-refractivity contribution is 7.88. The number of amides is 1. The molecule has 8 nitrogen and oxygen atoms in total. The standard InChI is InChI=1S/C15H23N3O5S/c1-10(19)18-12-5-3-11(4-6-12)7-16-13-9-23-14(15(13)20)8-17-24(2,21)22/h3-6,13-17,20H,7-9H2,1-2H3,(H,18,19). The molecule has 0 aromatic heterocycles. The van der Waals surface area contributed by atoms with E-state index in [1.165, 1.54) is 6.92 Å². The number of sulfonamides is 1. The normalized spacial score (nSPS) is 24.0. The second kappa shape index (κ2) is 8.04. The quantitative estimate of drug-likeness (QED) is 0.518. The number of aliphatic hydroxyl groups excluding tert-OH is 1. The van der Waals surface area contributed by atoms with Crippen LogP contribution < -0.4 is 15.4 Å². The molecule has 1 heterocycles. The van der Waals surface area contributed by atoms with E-state index in [-0.39, 0.29) is 18.5 Å². The predicted octanol–water partition coefficient (Wildman–Crippen LogP) is -0.588. The molecule has 1 fully saturated rings. The van der Waals surface area contributed by atoms with E-state index < -0.39 is 22.2 Å². The first-order valence-electron chi connectivity index (χ1n) is 7.59. The number of aliphatic hydroxyl groups is 1. The van der Waals surface area contributed by atoms with Gasteiger partial charge in [-0.1, -0.05) is 12.1 Å². The Kier molecular flexibility index (Phi) is 6.30. The minimum Gasteiger partial charge on any atom is -0.389 e. The van der Waals surface area contributed by atoms with Crippen LogP contribution in [0.15, 0.2) is 24.3 Å². The number of carbonyl (C=O) groups is 1. The third kappa shape index (κ3) is 5.84. The van der Waals surface area contributed by atoms with Crippen LogP contribution in [0.4, 0.5) is 5.69 Å². The van der Waals surface area contributed by atoms with Crippen LogP contribution in [0.1, 0.15) is 12.5 Å². The van der Waals surface area contributed by atoms with Crippen LogP contribution in [-0.4, -0.2) is 57.1 Å². The Morgan fingerprint density at radius 2 is 2.00 bits per heavy atom. The van der Waals surface area contributed by atoms with Crippen LogP contribution >= 0.6 is 0 Å². The molecule has 3 atom stereocenters. The van der Waals surface area contributed by atoms with Crippen molar-refractivity contribution in [1.29, 1.82) is 0 Å². The fourth-order valence-electron chi connectivity index (χ4n) is 2.43. The van der Waals surface area contributed by atoms with Gasteiger partial charge in [0.1, 0.15) is 0 Å². The molecular formula is C15H23N3O5S. The maximum Gasteiger partial charge on any atom is 0.221 e. The van der Waals surface area contributed by atoms with Crippen molar-refractivity contribution in [3.8, 4) is 0 Å². The van der Waals surface area contributed by atoms with Crippen LogP contribution in [0.3, 0.4) is 0 Å². The number of ether oxygens (including phenoxy) is 1. The molecule has 1 aromatic carbocycles.